The Morgan fingerprint density at radius 2 is 1.90 bits per heavy atom. The first-order chi connectivity index (χ1) is 13.4. The summed E-state index contributed by atoms with van der Waals surface area (Å²) >= 11 is 12.7. The summed E-state index contributed by atoms with van der Waals surface area (Å²) in [6.45, 7) is 3.95. The number of esters is 1. The fourth-order valence-corrected chi connectivity index (χ4v) is 4.85. The van der Waals surface area contributed by atoms with E-state index in [9.17, 15) is 9.59 Å². The van der Waals surface area contributed by atoms with Crippen molar-refractivity contribution >= 4 is 63.7 Å². The molecular formula is C21H15ClKNO3S2. The summed E-state index contributed by atoms with van der Waals surface area (Å²) < 4.78 is 7.72. The first-order valence-corrected chi connectivity index (χ1v) is 10.2. The minimum atomic E-state index is -0.460. The molecule has 8 heteroatoms. The Kier molecular flexibility index (Phi) is 7.23. The van der Waals surface area contributed by atoms with Gasteiger partial charge >= 0.3 is 57.4 Å². The molecular weight excluding hydrogens is 453 g/mol. The van der Waals surface area contributed by atoms with E-state index in [4.69, 9.17) is 29.0 Å². The van der Waals surface area contributed by atoms with Gasteiger partial charge in [-0.15, -0.1) is 0 Å². The molecule has 0 atom stereocenters. The van der Waals surface area contributed by atoms with Gasteiger partial charge in [0.05, 0.1) is 17.7 Å². The molecule has 0 amide bonds. The molecule has 0 aliphatic rings. The molecule has 0 saturated carbocycles. The summed E-state index contributed by atoms with van der Waals surface area (Å²) in [4.78, 5) is 26.5. The molecule has 3 aromatic heterocycles. The van der Waals surface area contributed by atoms with Gasteiger partial charge in [-0.2, -0.15) is 0 Å². The maximum atomic E-state index is 13.2. The monoisotopic (exact) mass is 467 g/mol. The van der Waals surface area contributed by atoms with Crippen LogP contribution in [0.15, 0.2) is 46.8 Å². The Balaban J connectivity index is 0.00000240. The number of halogens is 1. The molecule has 4 nitrogen and oxygen atoms in total. The molecule has 0 unspecified atom stereocenters. The molecule has 0 N–H and O–H groups in total. The third kappa shape index (κ3) is 4.07. The molecule has 29 heavy (non-hydrogen) atoms. The fraction of sp³-hybridized carbons (Fsp3) is 0.143. The van der Waals surface area contributed by atoms with Crippen LogP contribution in [-0.4, -0.2) is 22.8 Å². The van der Waals surface area contributed by atoms with Crippen LogP contribution in [0.1, 0.15) is 38.1 Å². The molecule has 0 saturated heterocycles. The second-order valence-electron chi connectivity index (χ2n) is 6.33. The van der Waals surface area contributed by atoms with E-state index in [0.29, 0.717) is 41.7 Å². The van der Waals surface area contributed by atoms with E-state index in [2.05, 4.69) is 0 Å². The van der Waals surface area contributed by atoms with Crippen LogP contribution in [0.4, 0.5) is 0 Å². The zero-order valence-corrected chi connectivity index (χ0v) is 21.6. The third-order valence-electron chi connectivity index (χ3n) is 4.50. The van der Waals surface area contributed by atoms with Crippen LogP contribution in [0, 0.1) is 6.92 Å². The number of nitrogens with zero attached hydrogens (tertiary/aromatic N) is 1. The van der Waals surface area contributed by atoms with E-state index in [1.807, 2.05) is 29.7 Å². The molecule has 3 heterocycles. The normalized spacial score (nSPS) is 10.9. The number of aromatic nitrogens is 1. The number of hydrogen-bond acceptors (Lipinski definition) is 5. The molecule has 0 radical (unpaired) electrons. The number of thiophene rings is 1. The third-order valence-corrected chi connectivity index (χ3v) is 6.17. The summed E-state index contributed by atoms with van der Waals surface area (Å²) in [5, 5.41) is 1.10. The number of rotatable bonds is 4. The van der Waals surface area contributed by atoms with Crippen molar-refractivity contribution in [3.05, 3.63) is 69.2 Å². The van der Waals surface area contributed by atoms with Crippen molar-refractivity contribution in [3.63, 3.8) is 0 Å². The van der Waals surface area contributed by atoms with E-state index in [-0.39, 0.29) is 63.8 Å². The first kappa shape index (κ1) is 22.9. The minimum absolute atomic E-state index is 0. The van der Waals surface area contributed by atoms with E-state index in [0.717, 1.165) is 5.56 Å². The number of carbonyl (C=O) groups excluding carboxylic acids is 2. The predicted octanol–water partition coefficient (Wildman–Crippen LogP) is 2.43. The van der Waals surface area contributed by atoms with Gasteiger partial charge in [-0.05, 0) is 60.7 Å². The maximum Gasteiger partial charge on any atom is 1.00 e. The Bertz CT molecular complexity index is 1240. The fourth-order valence-electron chi connectivity index (χ4n) is 3.28. The second-order valence-corrected chi connectivity index (χ2v) is 8.46. The van der Waals surface area contributed by atoms with Crippen molar-refractivity contribution in [2.75, 3.05) is 6.61 Å². The quantitative estimate of drug-likeness (QED) is 0.200. The van der Waals surface area contributed by atoms with Gasteiger partial charge in [0.25, 0.3) is 0 Å². The number of pyridine rings is 1. The minimum Gasteiger partial charge on any atom is -0.462 e. The molecule has 4 rings (SSSR count). The molecule has 4 aromatic rings. The Labute approximate surface area is 225 Å². The summed E-state index contributed by atoms with van der Waals surface area (Å²) in [6, 6.07) is 10.5. The van der Waals surface area contributed by atoms with Crippen molar-refractivity contribution in [3.8, 4) is 0 Å². The predicted molar refractivity (Wildman–Crippen MR) is 114 cm³/mol. The standard InChI is InChI=1S/C21H16ClNO3S2.K/c1-3-26-20(25)15-14-10-11(2)8-9-23(14)17-16(15)19(28-21(17)27)18(24)12-4-6-13(22)7-5-12;/h4-10,27H,3H2,1-2H3;/q;+1/p-1. The van der Waals surface area contributed by atoms with Gasteiger partial charge in [-0.1, -0.05) is 15.8 Å². The summed E-state index contributed by atoms with van der Waals surface area (Å²) in [7, 11) is 0. The zero-order valence-electron chi connectivity index (χ0n) is 16.1. The van der Waals surface area contributed by atoms with Gasteiger partial charge in [0.2, 0.25) is 0 Å². The van der Waals surface area contributed by atoms with Crippen molar-refractivity contribution in [1.82, 2.24) is 4.40 Å². The largest absolute Gasteiger partial charge is 1.00 e. The van der Waals surface area contributed by atoms with Gasteiger partial charge in [-0.25, -0.2) is 4.79 Å². The van der Waals surface area contributed by atoms with Crippen molar-refractivity contribution in [1.29, 1.82) is 0 Å². The topological polar surface area (TPSA) is 47.8 Å². The molecule has 142 valence electrons. The van der Waals surface area contributed by atoms with E-state index >= 15 is 0 Å². The molecule has 0 bridgehead atoms. The maximum absolute atomic E-state index is 13.2. The number of hydrogen-bond donors (Lipinski definition) is 0. The molecule has 1 aromatic carbocycles. The van der Waals surface area contributed by atoms with Crippen LogP contribution in [0.25, 0.3) is 16.4 Å². The average Bonchev–Trinajstić information content (AvgIpc) is 3.17. The van der Waals surface area contributed by atoms with Crippen LogP contribution in [-0.2, 0) is 17.4 Å². The second kappa shape index (κ2) is 9.16. The average molecular weight is 468 g/mol. The van der Waals surface area contributed by atoms with Gasteiger partial charge in [-0.3, -0.25) is 4.79 Å². The Morgan fingerprint density at radius 3 is 2.55 bits per heavy atom. The first-order valence-electron chi connectivity index (χ1n) is 8.64. The molecule has 0 fully saturated rings. The van der Waals surface area contributed by atoms with Crippen molar-refractivity contribution in [2.45, 2.75) is 18.1 Å². The number of ether oxygens (including phenoxy) is 1. The molecule has 0 aliphatic carbocycles. The van der Waals surface area contributed by atoms with Crippen LogP contribution in [0.2, 0.25) is 5.02 Å². The number of carbonyl (C=O) groups is 2. The van der Waals surface area contributed by atoms with Gasteiger partial charge in [0.1, 0.15) is 0 Å². The van der Waals surface area contributed by atoms with Crippen LogP contribution in [0.3, 0.4) is 0 Å². The molecule has 0 aliphatic heterocycles. The smallest absolute Gasteiger partial charge is 0.462 e. The van der Waals surface area contributed by atoms with Gasteiger partial charge in [0, 0.05) is 27.7 Å². The number of ketones is 1. The van der Waals surface area contributed by atoms with E-state index < -0.39 is 5.97 Å². The van der Waals surface area contributed by atoms with Crippen LogP contribution < -0.4 is 51.4 Å². The summed E-state index contributed by atoms with van der Waals surface area (Å²) in [6.07, 6.45) is 1.87. The van der Waals surface area contributed by atoms with Crippen LogP contribution in [0.5, 0.6) is 0 Å². The van der Waals surface area contributed by atoms with Crippen molar-refractivity contribution in [2.24, 2.45) is 0 Å². The van der Waals surface area contributed by atoms with Gasteiger partial charge in [0.15, 0.2) is 5.78 Å². The van der Waals surface area contributed by atoms with Crippen LogP contribution >= 0.6 is 22.9 Å². The number of aryl methyl sites for hydroxylation is 1. The Hall–Kier alpha value is -0.774. The summed E-state index contributed by atoms with van der Waals surface area (Å²) in [5.74, 6) is -0.653. The van der Waals surface area contributed by atoms with E-state index in [1.165, 1.54) is 11.3 Å². The van der Waals surface area contributed by atoms with Crippen molar-refractivity contribution < 1.29 is 65.7 Å². The number of fused-ring (bicyclic) bond motifs is 3. The number of benzene rings is 1. The van der Waals surface area contributed by atoms with E-state index in [1.54, 1.807) is 31.2 Å². The zero-order chi connectivity index (χ0) is 20.0. The Morgan fingerprint density at radius 1 is 1.21 bits per heavy atom. The summed E-state index contributed by atoms with van der Waals surface area (Å²) in [5.41, 5.74) is 3.25. The van der Waals surface area contributed by atoms with Gasteiger partial charge < -0.3 is 33.1 Å². The molecule has 0 spiro atoms. The SMILES string of the molecule is CCOC(=O)c1c2c(C(=O)c3ccc(Cl)cc3)sc([S-])c2n2ccc(C)cc12.[K+].